The highest BCUT2D eigenvalue weighted by Crippen LogP contribution is 2.33. The predicted octanol–water partition coefficient (Wildman–Crippen LogP) is 6.24. The van der Waals surface area contributed by atoms with E-state index in [1.54, 1.807) is 24.1 Å². The van der Waals surface area contributed by atoms with Crippen LogP contribution in [0.4, 0.5) is 5.69 Å². The molecule has 3 nitrogen and oxygen atoms in total. The lowest BCUT2D eigenvalue weighted by Gasteiger charge is -2.07. The van der Waals surface area contributed by atoms with Gasteiger partial charge < -0.3 is 0 Å². The number of hydrogen-bond donors (Lipinski definition) is 0. The van der Waals surface area contributed by atoms with Crippen LogP contribution in [0.5, 0.6) is 0 Å². The second-order valence-corrected chi connectivity index (χ2v) is 7.78. The molecule has 0 aromatic heterocycles. The number of amidine groups is 1. The van der Waals surface area contributed by atoms with Gasteiger partial charge in [-0.05, 0) is 58.8 Å². The van der Waals surface area contributed by atoms with Crippen molar-refractivity contribution in [2.24, 2.45) is 4.99 Å². The Labute approximate surface area is 173 Å². The van der Waals surface area contributed by atoms with Gasteiger partial charge in [0.15, 0.2) is 5.17 Å². The third-order valence-electron chi connectivity index (χ3n) is 4.37. The van der Waals surface area contributed by atoms with Crippen molar-refractivity contribution in [1.82, 2.24) is 4.90 Å². The number of nitrogens with zero attached hydrogens (tertiary/aromatic N) is 2. The summed E-state index contributed by atoms with van der Waals surface area (Å²) in [5.74, 6) is -0.0511. The zero-order valence-electron chi connectivity index (χ0n) is 15.2. The molecule has 1 fully saturated rings. The number of carbonyl (C=O) groups excluding carboxylic acids is 1. The molecule has 0 spiro atoms. The summed E-state index contributed by atoms with van der Waals surface area (Å²) in [5.41, 5.74) is 4.07. The maximum Gasteiger partial charge on any atom is 0.266 e. The highest BCUT2D eigenvalue weighted by molar-refractivity contribution is 8.18. The van der Waals surface area contributed by atoms with E-state index >= 15 is 0 Å². The molecular weight excluding hydrogens is 388 g/mol. The SMILES string of the molecule is CN1C(=O)/C(=C/c2ccc(-c3ccccc3)cc2)SC1=Nc1ccc(Cl)cc1. The van der Waals surface area contributed by atoms with E-state index in [9.17, 15) is 4.79 Å². The van der Waals surface area contributed by atoms with E-state index in [0.717, 1.165) is 16.8 Å². The molecule has 5 heteroatoms. The monoisotopic (exact) mass is 404 g/mol. The van der Waals surface area contributed by atoms with Crippen molar-refractivity contribution in [2.45, 2.75) is 0 Å². The van der Waals surface area contributed by atoms with Crippen LogP contribution in [0.2, 0.25) is 5.02 Å². The summed E-state index contributed by atoms with van der Waals surface area (Å²) < 4.78 is 0. The van der Waals surface area contributed by atoms with Crippen molar-refractivity contribution < 1.29 is 4.79 Å². The standard InChI is InChI=1S/C23H17ClN2OS/c1-26-22(27)21(28-23(26)25-20-13-11-19(24)12-14-20)15-16-7-9-18(10-8-16)17-5-3-2-4-6-17/h2-15H,1H3/b21-15-,25-23?. The Morgan fingerprint density at radius 1 is 0.893 bits per heavy atom. The van der Waals surface area contributed by atoms with Gasteiger partial charge in [-0.15, -0.1) is 0 Å². The Bertz CT molecular complexity index is 1060. The summed E-state index contributed by atoms with van der Waals surface area (Å²) >= 11 is 7.29. The van der Waals surface area contributed by atoms with E-state index in [0.29, 0.717) is 15.1 Å². The lowest BCUT2D eigenvalue weighted by Crippen LogP contribution is -2.23. The van der Waals surface area contributed by atoms with Gasteiger partial charge in [-0.3, -0.25) is 9.69 Å². The smallest absolute Gasteiger partial charge is 0.266 e. The molecule has 28 heavy (non-hydrogen) atoms. The number of rotatable bonds is 3. The lowest BCUT2D eigenvalue weighted by molar-refractivity contribution is -0.121. The minimum absolute atomic E-state index is 0.0511. The Hall–Kier alpha value is -2.82. The van der Waals surface area contributed by atoms with Crippen LogP contribution >= 0.6 is 23.4 Å². The highest BCUT2D eigenvalue weighted by Gasteiger charge is 2.30. The number of hydrogen-bond acceptors (Lipinski definition) is 3. The van der Waals surface area contributed by atoms with E-state index in [4.69, 9.17) is 11.6 Å². The van der Waals surface area contributed by atoms with Gasteiger partial charge in [-0.1, -0.05) is 66.2 Å². The first-order valence-corrected chi connectivity index (χ1v) is 9.97. The Balaban J connectivity index is 1.56. The Morgan fingerprint density at radius 3 is 2.21 bits per heavy atom. The van der Waals surface area contributed by atoms with Crippen LogP contribution in [-0.4, -0.2) is 23.0 Å². The molecule has 0 N–H and O–H groups in total. The first-order chi connectivity index (χ1) is 13.6. The van der Waals surface area contributed by atoms with Crippen LogP contribution < -0.4 is 0 Å². The van der Waals surface area contributed by atoms with Gasteiger partial charge in [-0.2, -0.15) is 0 Å². The molecule has 0 aliphatic carbocycles. The number of carbonyl (C=O) groups is 1. The fourth-order valence-corrected chi connectivity index (χ4v) is 3.94. The average Bonchev–Trinajstić information content (AvgIpc) is 2.99. The normalized spacial score (nSPS) is 16.9. The predicted molar refractivity (Wildman–Crippen MR) is 119 cm³/mol. The summed E-state index contributed by atoms with van der Waals surface area (Å²) in [6.07, 6.45) is 1.91. The molecule has 1 saturated heterocycles. The molecule has 1 amide bonds. The third kappa shape index (κ3) is 4.03. The number of benzene rings is 3. The van der Waals surface area contributed by atoms with E-state index < -0.39 is 0 Å². The van der Waals surface area contributed by atoms with E-state index in [1.165, 1.54) is 17.3 Å². The van der Waals surface area contributed by atoms with Gasteiger partial charge >= 0.3 is 0 Å². The van der Waals surface area contributed by atoms with Gasteiger partial charge in [0.05, 0.1) is 10.6 Å². The highest BCUT2D eigenvalue weighted by atomic mass is 35.5. The summed E-state index contributed by atoms with van der Waals surface area (Å²) in [7, 11) is 1.74. The summed E-state index contributed by atoms with van der Waals surface area (Å²) in [6.45, 7) is 0. The molecule has 4 rings (SSSR count). The number of amides is 1. The number of halogens is 1. The van der Waals surface area contributed by atoms with Gasteiger partial charge in [0.1, 0.15) is 0 Å². The van der Waals surface area contributed by atoms with Crippen molar-refractivity contribution in [2.75, 3.05) is 7.05 Å². The van der Waals surface area contributed by atoms with Crippen molar-refractivity contribution in [1.29, 1.82) is 0 Å². The Kier molecular flexibility index (Phi) is 5.33. The summed E-state index contributed by atoms with van der Waals surface area (Å²) in [5, 5.41) is 1.31. The minimum atomic E-state index is -0.0511. The van der Waals surface area contributed by atoms with Gasteiger partial charge in [0.25, 0.3) is 5.91 Å². The quantitative estimate of drug-likeness (QED) is 0.484. The van der Waals surface area contributed by atoms with Crippen molar-refractivity contribution in [3.63, 3.8) is 0 Å². The largest absolute Gasteiger partial charge is 0.290 e. The molecule has 0 unspecified atom stereocenters. The number of thioether (sulfide) groups is 1. The maximum absolute atomic E-state index is 12.6. The van der Waals surface area contributed by atoms with Gasteiger partial charge in [0.2, 0.25) is 0 Å². The van der Waals surface area contributed by atoms with Crippen LogP contribution in [0.25, 0.3) is 17.2 Å². The molecule has 138 valence electrons. The third-order valence-corrected chi connectivity index (χ3v) is 5.68. The zero-order valence-corrected chi connectivity index (χ0v) is 16.7. The van der Waals surface area contributed by atoms with Gasteiger partial charge in [0, 0.05) is 12.1 Å². The second kappa shape index (κ2) is 8.05. The maximum atomic E-state index is 12.6. The van der Waals surface area contributed by atoms with Crippen LogP contribution in [0, 0.1) is 0 Å². The van der Waals surface area contributed by atoms with Crippen LogP contribution in [0.1, 0.15) is 5.56 Å². The molecule has 1 heterocycles. The van der Waals surface area contributed by atoms with Crippen molar-refractivity contribution in [3.8, 4) is 11.1 Å². The molecular formula is C23H17ClN2OS. The molecule has 0 radical (unpaired) electrons. The van der Waals surface area contributed by atoms with Gasteiger partial charge in [-0.25, -0.2) is 4.99 Å². The van der Waals surface area contributed by atoms with E-state index in [1.807, 2.05) is 48.5 Å². The molecule has 1 aliphatic rings. The molecule has 3 aromatic rings. The number of likely N-dealkylation sites (N-methyl/N-ethyl adjacent to an activating group) is 1. The second-order valence-electron chi connectivity index (χ2n) is 6.33. The minimum Gasteiger partial charge on any atom is -0.290 e. The molecule has 1 aliphatic heterocycles. The summed E-state index contributed by atoms with van der Waals surface area (Å²) in [4.78, 5) is 19.4. The topological polar surface area (TPSA) is 32.7 Å². The molecule has 3 aromatic carbocycles. The lowest BCUT2D eigenvalue weighted by atomic mass is 10.0. The average molecular weight is 405 g/mol. The van der Waals surface area contributed by atoms with E-state index in [-0.39, 0.29) is 5.91 Å². The first kappa shape index (κ1) is 18.5. The van der Waals surface area contributed by atoms with Crippen molar-refractivity contribution >= 4 is 46.2 Å². The molecule has 0 saturated carbocycles. The fourth-order valence-electron chi connectivity index (χ4n) is 2.83. The van der Waals surface area contributed by atoms with Crippen LogP contribution in [0.15, 0.2) is 88.8 Å². The van der Waals surface area contributed by atoms with Crippen LogP contribution in [0.3, 0.4) is 0 Å². The summed E-state index contributed by atoms with van der Waals surface area (Å²) in [6, 6.07) is 25.6. The fraction of sp³-hybridized carbons (Fsp3) is 0.0435. The molecule has 0 bridgehead atoms. The van der Waals surface area contributed by atoms with Crippen molar-refractivity contribution in [3.05, 3.63) is 94.4 Å². The first-order valence-electron chi connectivity index (χ1n) is 8.77. The Morgan fingerprint density at radius 2 is 1.54 bits per heavy atom. The van der Waals surface area contributed by atoms with E-state index in [2.05, 4.69) is 29.3 Å². The zero-order chi connectivity index (χ0) is 19.5. The molecule has 0 atom stereocenters. The van der Waals surface area contributed by atoms with Crippen LogP contribution in [-0.2, 0) is 4.79 Å². The number of aliphatic imine (C=N–C) groups is 1.